The highest BCUT2D eigenvalue weighted by atomic mass is 35.5. The molecule has 1 atom stereocenters. The summed E-state index contributed by atoms with van der Waals surface area (Å²) in [7, 11) is -4.24. The predicted octanol–water partition coefficient (Wildman–Crippen LogP) is 7.62. The van der Waals surface area contributed by atoms with Gasteiger partial charge in [-0.25, -0.2) is 8.42 Å². The molecular weight excluding hydrogens is 645 g/mol. The first-order valence-corrected chi connectivity index (χ1v) is 16.8. The van der Waals surface area contributed by atoms with Gasteiger partial charge in [-0.05, 0) is 95.3 Å². The SMILES string of the molecule is Cc1ccc(S(=O)(=O)N(CC(=O)N(Cc2c(Cl)cccc2Cl)[C@H](C)C(=O)NC(C)(C)C)c2ccc(Oc3ccccc3)cc2)cc1. The van der Waals surface area contributed by atoms with Crippen LogP contribution in [0.5, 0.6) is 11.5 Å². The lowest BCUT2D eigenvalue weighted by molar-refractivity contribution is -0.140. The molecule has 11 heteroatoms. The number of hydrogen-bond donors (Lipinski definition) is 1. The molecule has 0 saturated carbocycles. The summed E-state index contributed by atoms with van der Waals surface area (Å²) in [6.07, 6.45) is 0. The van der Waals surface area contributed by atoms with Crippen molar-refractivity contribution in [1.82, 2.24) is 10.2 Å². The summed E-state index contributed by atoms with van der Waals surface area (Å²) < 4.78 is 35.2. The molecule has 0 fully saturated rings. The lowest BCUT2D eigenvalue weighted by atomic mass is 10.1. The predicted molar refractivity (Wildman–Crippen MR) is 183 cm³/mol. The monoisotopic (exact) mass is 681 g/mol. The number of carbonyl (C=O) groups excluding carboxylic acids is 2. The Balaban J connectivity index is 1.74. The van der Waals surface area contributed by atoms with Crippen LogP contribution in [-0.4, -0.2) is 43.3 Å². The number of nitrogens with one attached hydrogen (secondary N) is 1. The molecule has 4 rings (SSSR count). The van der Waals surface area contributed by atoms with Crippen LogP contribution in [0.4, 0.5) is 5.69 Å². The molecule has 0 heterocycles. The van der Waals surface area contributed by atoms with E-state index in [4.69, 9.17) is 27.9 Å². The normalized spacial score (nSPS) is 12.2. The molecule has 0 bridgehead atoms. The number of carbonyl (C=O) groups is 2. The van der Waals surface area contributed by atoms with Crippen LogP contribution in [-0.2, 0) is 26.2 Å². The number of amides is 2. The Morgan fingerprint density at radius 1 is 0.826 bits per heavy atom. The summed E-state index contributed by atoms with van der Waals surface area (Å²) in [4.78, 5) is 28.9. The fourth-order valence-corrected chi connectivity index (χ4v) is 6.51. The fraction of sp³-hybridized carbons (Fsp3) is 0.257. The first-order valence-electron chi connectivity index (χ1n) is 14.6. The molecule has 0 aliphatic carbocycles. The standard InChI is InChI=1S/C35H37Cl2N3O5S/c1-24-14-20-29(21-15-24)46(43,44)40(26-16-18-28(19-17-26)45-27-10-7-6-8-11-27)23-33(41)39(25(2)34(42)38-35(3,4)5)22-30-31(36)12-9-13-32(30)37/h6-21,25H,22-23H2,1-5H3,(H,38,42)/t25-/m1/s1. The van der Waals surface area contributed by atoms with Crippen LogP contribution in [0.2, 0.25) is 10.0 Å². The Kier molecular flexibility index (Phi) is 11.0. The first kappa shape index (κ1) is 34.8. The largest absolute Gasteiger partial charge is 0.457 e. The number of aryl methyl sites for hydroxylation is 1. The van der Waals surface area contributed by atoms with Gasteiger partial charge < -0.3 is 15.0 Å². The van der Waals surface area contributed by atoms with Crippen molar-refractivity contribution >= 4 is 50.7 Å². The van der Waals surface area contributed by atoms with Gasteiger partial charge >= 0.3 is 0 Å². The van der Waals surface area contributed by atoms with Crippen molar-refractivity contribution in [2.75, 3.05) is 10.8 Å². The molecule has 0 spiro atoms. The topological polar surface area (TPSA) is 96.0 Å². The average Bonchev–Trinajstić information content (AvgIpc) is 2.99. The molecule has 0 radical (unpaired) electrons. The second kappa shape index (κ2) is 14.6. The van der Waals surface area contributed by atoms with Crippen LogP contribution >= 0.6 is 23.2 Å². The minimum absolute atomic E-state index is 0.00901. The van der Waals surface area contributed by atoms with Gasteiger partial charge in [0.1, 0.15) is 24.1 Å². The molecule has 46 heavy (non-hydrogen) atoms. The molecule has 4 aromatic carbocycles. The number of sulfonamides is 1. The molecule has 1 N–H and O–H groups in total. The smallest absolute Gasteiger partial charge is 0.264 e. The van der Waals surface area contributed by atoms with Crippen molar-refractivity contribution in [2.45, 2.75) is 57.6 Å². The van der Waals surface area contributed by atoms with Crippen molar-refractivity contribution < 1.29 is 22.7 Å². The maximum Gasteiger partial charge on any atom is 0.264 e. The van der Waals surface area contributed by atoms with Gasteiger partial charge in [-0.1, -0.05) is 65.2 Å². The van der Waals surface area contributed by atoms with Crippen LogP contribution in [0.25, 0.3) is 0 Å². The van der Waals surface area contributed by atoms with Crippen molar-refractivity contribution in [3.63, 3.8) is 0 Å². The van der Waals surface area contributed by atoms with E-state index in [0.29, 0.717) is 27.1 Å². The molecule has 0 saturated heterocycles. The number of benzene rings is 4. The maximum atomic E-state index is 14.2. The highest BCUT2D eigenvalue weighted by molar-refractivity contribution is 7.92. The van der Waals surface area contributed by atoms with E-state index < -0.39 is 40.0 Å². The molecule has 242 valence electrons. The molecule has 2 amide bonds. The molecule has 0 aromatic heterocycles. The number of nitrogens with zero attached hydrogens (tertiary/aromatic N) is 2. The zero-order valence-corrected chi connectivity index (χ0v) is 28.7. The van der Waals surface area contributed by atoms with Gasteiger partial charge in [0.15, 0.2) is 0 Å². The first-order chi connectivity index (χ1) is 21.7. The van der Waals surface area contributed by atoms with Gasteiger partial charge in [0.25, 0.3) is 10.0 Å². The zero-order valence-electron chi connectivity index (χ0n) is 26.3. The van der Waals surface area contributed by atoms with E-state index in [9.17, 15) is 18.0 Å². The summed E-state index contributed by atoms with van der Waals surface area (Å²) in [5.41, 5.74) is 0.971. The van der Waals surface area contributed by atoms with Crippen LogP contribution in [0, 0.1) is 6.92 Å². The lowest BCUT2D eigenvalue weighted by Crippen LogP contribution is -2.54. The number of hydrogen-bond acceptors (Lipinski definition) is 5. The van der Waals surface area contributed by atoms with E-state index in [-0.39, 0.29) is 17.1 Å². The number of rotatable bonds is 11. The molecular formula is C35H37Cl2N3O5S. The van der Waals surface area contributed by atoms with E-state index in [1.165, 1.54) is 17.0 Å². The number of halogens is 2. The third kappa shape index (κ3) is 8.81. The van der Waals surface area contributed by atoms with Gasteiger partial charge in [-0.3, -0.25) is 13.9 Å². The number of anilines is 1. The van der Waals surface area contributed by atoms with Crippen molar-refractivity contribution in [2.24, 2.45) is 0 Å². The van der Waals surface area contributed by atoms with Crippen molar-refractivity contribution in [3.05, 3.63) is 118 Å². The maximum absolute atomic E-state index is 14.2. The average molecular weight is 683 g/mol. The van der Waals surface area contributed by atoms with Crippen molar-refractivity contribution in [1.29, 1.82) is 0 Å². The van der Waals surface area contributed by atoms with E-state index in [0.717, 1.165) is 9.87 Å². The third-order valence-corrected chi connectivity index (χ3v) is 9.54. The Hall–Kier alpha value is -4.05. The highest BCUT2D eigenvalue weighted by Gasteiger charge is 2.34. The zero-order chi connectivity index (χ0) is 33.6. The molecule has 0 unspecified atom stereocenters. The minimum atomic E-state index is -4.24. The molecule has 0 aliphatic rings. The Morgan fingerprint density at radius 3 is 1.96 bits per heavy atom. The lowest BCUT2D eigenvalue weighted by Gasteiger charge is -2.34. The second-order valence-electron chi connectivity index (χ2n) is 11.9. The van der Waals surface area contributed by atoms with E-state index in [1.807, 2.05) is 45.9 Å². The Morgan fingerprint density at radius 2 is 1.39 bits per heavy atom. The van der Waals surface area contributed by atoms with Gasteiger partial charge in [0.2, 0.25) is 11.8 Å². The third-order valence-electron chi connectivity index (χ3n) is 7.05. The van der Waals surface area contributed by atoms with Gasteiger partial charge in [0.05, 0.1) is 10.6 Å². The summed E-state index contributed by atoms with van der Waals surface area (Å²) in [5, 5.41) is 3.52. The summed E-state index contributed by atoms with van der Waals surface area (Å²) in [5.74, 6) is 0.0506. The fourth-order valence-electron chi connectivity index (χ4n) is 4.58. The molecule has 8 nitrogen and oxygen atoms in total. The summed E-state index contributed by atoms with van der Waals surface area (Å²) in [6, 6.07) is 25.9. The van der Waals surface area contributed by atoms with E-state index in [1.54, 1.807) is 73.7 Å². The summed E-state index contributed by atoms with van der Waals surface area (Å²) in [6.45, 7) is 8.19. The van der Waals surface area contributed by atoms with Crippen LogP contribution < -0.4 is 14.4 Å². The van der Waals surface area contributed by atoms with Crippen LogP contribution in [0.1, 0.15) is 38.8 Å². The van der Waals surface area contributed by atoms with Crippen LogP contribution in [0.15, 0.2) is 102 Å². The Labute approximate surface area is 280 Å². The van der Waals surface area contributed by atoms with E-state index in [2.05, 4.69) is 5.32 Å². The number of ether oxygens (including phenoxy) is 1. The summed E-state index contributed by atoms with van der Waals surface area (Å²) >= 11 is 12.9. The van der Waals surface area contributed by atoms with Gasteiger partial charge in [0, 0.05) is 27.7 Å². The molecule has 4 aromatic rings. The highest BCUT2D eigenvalue weighted by Crippen LogP contribution is 2.30. The van der Waals surface area contributed by atoms with Gasteiger partial charge in [-0.2, -0.15) is 0 Å². The molecule has 0 aliphatic heterocycles. The van der Waals surface area contributed by atoms with E-state index >= 15 is 0 Å². The second-order valence-corrected chi connectivity index (χ2v) is 14.5. The number of para-hydroxylation sites is 1. The Bertz CT molecular complexity index is 1760. The van der Waals surface area contributed by atoms with Crippen LogP contribution in [0.3, 0.4) is 0 Å². The van der Waals surface area contributed by atoms with Crippen molar-refractivity contribution in [3.8, 4) is 11.5 Å². The van der Waals surface area contributed by atoms with Gasteiger partial charge in [-0.15, -0.1) is 0 Å². The minimum Gasteiger partial charge on any atom is -0.457 e. The quantitative estimate of drug-likeness (QED) is 0.176.